The largest absolute Gasteiger partial charge is 0.370 e. The number of aliphatic imine (C=N–C) groups is 1. The summed E-state index contributed by atoms with van der Waals surface area (Å²) in [7, 11) is 1.87. The van der Waals surface area contributed by atoms with Crippen molar-refractivity contribution in [2.45, 2.75) is 19.5 Å². The van der Waals surface area contributed by atoms with E-state index in [4.69, 9.17) is 28.9 Å². The summed E-state index contributed by atoms with van der Waals surface area (Å²) < 4.78 is 1.76. The minimum atomic E-state index is -0.0648. The summed E-state index contributed by atoms with van der Waals surface area (Å²) in [4.78, 5) is 4.29. The van der Waals surface area contributed by atoms with E-state index in [-0.39, 0.29) is 6.04 Å². The van der Waals surface area contributed by atoms with Crippen molar-refractivity contribution in [2.75, 3.05) is 0 Å². The molecule has 1 atom stereocenters. The molecule has 3 N–H and O–H groups in total. The van der Waals surface area contributed by atoms with Crippen LogP contribution in [0.3, 0.4) is 0 Å². The molecule has 0 aliphatic carbocycles. The maximum atomic E-state index is 6.17. The summed E-state index contributed by atoms with van der Waals surface area (Å²) in [5, 5.41) is 8.39. The Morgan fingerprint density at radius 3 is 2.81 bits per heavy atom. The summed E-state index contributed by atoms with van der Waals surface area (Å²) >= 11 is 12.1. The highest BCUT2D eigenvalue weighted by Gasteiger charge is 2.10. The van der Waals surface area contributed by atoms with Crippen LogP contribution in [0, 0.1) is 0 Å². The third kappa shape index (κ3) is 4.12. The lowest BCUT2D eigenvalue weighted by atomic mass is 10.1. The maximum Gasteiger partial charge on any atom is 0.189 e. The molecule has 1 aromatic heterocycles. The van der Waals surface area contributed by atoms with Gasteiger partial charge >= 0.3 is 0 Å². The monoisotopic (exact) mass is 325 g/mol. The van der Waals surface area contributed by atoms with Crippen LogP contribution in [0.1, 0.15) is 24.2 Å². The van der Waals surface area contributed by atoms with Crippen LogP contribution in [0.2, 0.25) is 10.0 Å². The molecule has 1 heterocycles. The molecule has 0 radical (unpaired) electrons. The smallest absolute Gasteiger partial charge is 0.189 e. The Labute approximate surface area is 133 Å². The molecule has 112 valence electrons. The van der Waals surface area contributed by atoms with Crippen molar-refractivity contribution in [1.82, 2.24) is 15.1 Å². The highest BCUT2D eigenvalue weighted by atomic mass is 35.5. The zero-order valence-corrected chi connectivity index (χ0v) is 13.4. The lowest BCUT2D eigenvalue weighted by Crippen LogP contribution is -2.34. The Morgan fingerprint density at radius 2 is 2.19 bits per heavy atom. The number of aromatic nitrogens is 2. The third-order valence-electron chi connectivity index (χ3n) is 3.13. The van der Waals surface area contributed by atoms with Crippen LogP contribution in [0.4, 0.5) is 0 Å². The Hall–Kier alpha value is -1.72. The molecule has 0 aliphatic rings. The van der Waals surface area contributed by atoms with Crippen LogP contribution in [-0.2, 0) is 13.6 Å². The van der Waals surface area contributed by atoms with Gasteiger partial charge in [0.05, 0.1) is 18.3 Å². The summed E-state index contributed by atoms with van der Waals surface area (Å²) in [6.45, 7) is 2.43. The van der Waals surface area contributed by atoms with Gasteiger partial charge in [0.1, 0.15) is 0 Å². The molecule has 7 heteroatoms. The highest BCUT2D eigenvalue weighted by Crippen LogP contribution is 2.25. The Bertz CT molecular complexity index is 651. The second kappa shape index (κ2) is 6.83. The van der Waals surface area contributed by atoms with E-state index in [0.29, 0.717) is 22.5 Å². The lowest BCUT2D eigenvalue weighted by molar-refractivity contribution is 0.693. The summed E-state index contributed by atoms with van der Waals surface area (Å²) in [6.07, 6.45) is 1.73. The summed E-state index contributed by atoms with van der Waals surface area (Å²) in [5.74, 6) is 0.356. The molecule has 0 amide bonds. The van der Waals surface area contributed by atoms with Gasteiger partial charge in [-0.25, -0.2) is 4.99 Å². The molecule has 0 spiro atoms. The van der Waals surface area contributed by atoms with Gasteiger partial charge in [0.25, 0.3) is 0 Å². The van der Waals surface area contributed by atoms with E-state index >= 15 is 0 Å². The standard InChI is InChI=1S/C14H17Cl2N5/c1-9(12-4-3-10(15)7-13(12)16)20-14(17)18-8-11-5-6-19-21(11)2/h3-7,9H,8H2,1-2H3,(H3,17,18,20). The van der Waals surface area contributed by atoms with Crippen molar-refractivity contribution >= 4 is 29.2 Å². The van der Waals surface area contributed by atoms with Gasteiger partial charge in [0, 0.05) is 23.3 Å². The van der Waals surface area contributed by atoms with E-state index in [2.05, 4.69) is 15.4 Å². The summed E-state index contributed by atoms with van der Waals surface area (Å²) in [5.41, 5.74) is 7.80. The number of rotatable bonds is 4. The molecule has 5 nitrogen and oxygen atoms in total. The van der Waals surface area contributed by atoms with Gasteiger partial charge in [0.15, 0.2) is 5.96 Å². The van der Waals surface area contributed by atoms with Crippen molar-refractivity contribution in [3.05, 3.63) is 51.8 Å². The van der Waals surface area contributed by atoms with Crippen LogP contribution in [0.15, 0.2) is 35.5 Å². The average molecular weight is 326 g/mol. The first-order valence-corrected chi connectivity index (χ1v) is 7.21. The minimum Gasteiger partial charge on any atom is -0.370 e. The third-order valence-corrected chi connectivity index (χ3v) is 3.69. The number of halogens is 2. The zero-order chi connectivity index (χ0) is 15.4. The van der Waals surface area contributed by atoms with Crippen LogP contribution >= 0.6 is 23.2 Å². The molecule has 1 aromatic carbocycles. The fraction of sp³-hybridized carbons (Fsp3) is 0.286. The van der Waals surface area contributed by atoms with E-state index in [1.54, 1.807) is 23.0 Å². The van der Waals surface area contributed by atoms with Crippen molar-refractivity contribution < 1.29 is 0 Å². The van der Waals surface area contributed by atoms with Gasteiger partial charge in [-0.05, 0) is 30.7 Å². The molecule has 0 bridgehead atoms. The van der Waals surface area contributed by atoms with Crippen molar-refractivity contribution in [3.8, 4) is 0 Å². The molecule has 2 rings (SSSR count). The number of hydrogen-bond acceptors (Lipinski definition) is 2. The number of nitrogens with one attached hydrogen (secondary N) is 1. The first-order chi connectivity index (χ1) is 9.97. The second-order valence-corrected chi connectivity index (χ2v) is 5.52. The lowest BCUT2D eigenvalue weighted by Gasteiger charge is -2.16. The fourth-order valence-electron chi connectivity index (χ4n) is 1.92. The zero-order valence-electron chi connectivity index (χ0n) is 11.8. The number of aryl methyl sites for hydroxylation is 1. The predicted octanol–water partition coefficient (Wildman–Crippen LogP) is 2.89. The normalized spacial score (nSPS) is 13.2. The highest BCUT2D eigenvalue weighted by molar-refractivity contribution is 6.35. The average Bonchev–Trinajstić information content (AvgIpc) is 2.81. The van der Waals surface area contributed by atoms with Gasteiger partial charge in [-0.3, -0.25) is 4.68 Å². The van der Waals surface area contributed by atoms with Crippen molar-refractivity contribution in [2.24, 2.45) is 17.8 Å². The Balaban J connectivity index is 2.01. The molecule has 0 saturated heterocycles. The van der Waals surface area contributed by atoms with E-state index in [1.165, 1.54) is 0 Å². The number of guanidine groups is 1. The van der Waals surface area contributed by atoms with Gasteiger partial charge in [0.2, 0.25) is 0 Å². The molecular weight excluding hydrogens is 309 g/mol. The molecule has 0 fully saturated rings. The molecule has 1 unspecified atom stereocenters. The van der Waals surface area contributed by atoms with E-state index in [9.17, 15) is 0 Å². The van der Waals surface area contributed by atoms with Gasteiger partial charge < -0.3 is 11.1 Å². The quantitative estimate of drug-likeness (QED) is 0.670. The molecule has 2 aromatic rings. The number of benzene rings is 1. The van der Waals surface area contributed by atoms with E-state index in [0.717, 1.165) is 11.3 Å². The Morgan fingerprint density at radius 1 is 1.43 bits per heavy atom. The topological polar surface area (TPSA) is 68.2 Å². The van der Waals surface area contributed by atoms with Crippen molar-refractivity contribution in [1.29, 1.82) is 0 Å². The molecule has 0 saturated carbocycles. The first-order valence-electron chi connectivity index (χ1n) is 6.45. The molecule has 21 heavy (non-hydrogen) atoms. The van der Waals surface area contributed by atoms with Crippen LogP contribution in [-0.4, -0.2) is 15.7 Å². The molecular formula is C14H17Cl2N5. The predicted molar refractivity (Wildman–Crippen MR) is 86.5 cm³/mol. The van der Waals surface area contributed by atoms with Gasteiger partial charge in [-0.15, -0.1) is 0 Å². The van der Waals surface area contributed by atoms with E-state index < -0.39 is 0 Å². The fourth-order valence-corrected chi connectivity index (χ4v) is 2.49. The van der Waals surface area contributed by atoms with Crippen molar-refractivity contribution in [3.63, 3.8) is 0 Å². The Kier molecular flexibility index (Phi) is 5.09. The first kappa shape index (κ1) is 15.7. The number of nitrogens with two attached hydrogens (primary N) is 1. The van der Waals surface area contributed by atoms with E-state index in [1.807, 2.05) is 26.1 Å². The maximum absolute atomic E-state index is 6.17. The van der Waals surface area contributed by atoms with Crippen LogP contribution in [0.25, 0.3) is 0 Å². The van der Waals surface area contributed by atoms with Gasteiger partial charge in [-0.2, -0.15) is 5.10 Å². The summed E-state index contributed by atoms with van der Waals surface area (Å²) in [6, 6.07) is 7.21. The number of hydrogen-bond donors (Lipinski definition) is 2. The van der Waals surface area contributed by atoms with Gasteiger partial charge in [-0.1, -0.05) is 29.3 Å². The number of nitrogens with zero attached hydrogens (tertiary/aromatic N) is 3. The van der Waals surface area contributed by atoms with Crippen LogP contribution in [0.5, 0.6) is 0 Å². The minimum absolute atomic E-state index is 0.0648. The second-order valence-electron chi connectivity index (χ2n) is 4.68. The van der Waals surface area contributed by atoms with Crippen LogP contribution < -0.4 is 11.1 Å². The SMILES string of the molecule is CC(NC(N)=NCc1ccnn1C)c1ccc(Cl)cc1Cl. The molecule has 0 aliphatic heterocycles.